The van der Waals surface area contributed by atoms with Crippen LogP contribution in [0.15, 0.2) is 42.5 Å². The van der Waals surface area contributed by atoms with Crippen molar-refractivity contribution in [3.63, 3.8) is 0 Å². The Hall–Kier alpha value is -2.64. The molecule has 0 spiro atoms. The van der Waals surface area contributed by atoms with E-state index in [1.165, 1.54) is 11.3 Å². The SMILES string of the molecule is Cc1sc(NC(=O)c2cccc3ccccc23)c(C#N)c1C. The molecule has 3 aromatic rings. The monoisotopic (exact) mass is 306 g/mol. The van der Waals surface area contributed by atoms with Crippen molar-refractivity contribution in [1.82, 2.24) is 0 Å². The van der Waals surface area contributed by atoms with E-state index in [0.717, 1.165) is 21.2 Å². The average molecular weight is 306 g/mol. The van der Waals surface area contributed by atoms with Crippen LogP contribution in [-0.4, -0.2) is 5.91 Å². The molecule has 0 aliphatic rings. The van der Waals surface area contributed by atoms with Crippen molar-refractivity contribution in [2.45, 2.75) is 13.8 Å². The number of benzene rings is 2. The van der Waals surface area contributed by atoms with Crippen molar-refractivity contribution in [3.8, 4) is 6.07 Å². The number of nitrogens with one attached hydrogen (secondary N) is 1. The number of carbonyl (C=O) groups excluding carboxylic acids is 1. The van der Waals surface area contributed by atoms with Crippen molar-refractivity contribution in [1.29, 1.82) is 5.26 Å². The Labute approximate surface area is 132 Å². The number of hydrogen-bond acceptors (Lipinski definition) is 3. The molecule has 0 aliphatic heterocycles. The van der Waals surface area contributed by atoms with Crippen LogP contribution >= 0.6 is 11.3 Å². The van der Waals surface area contributed by atoms with Crippen molar-refractivity contribution in [3.05, 3.63) is 64.0 Å². The first-order valence-electron chi connectivity index (χ1n) is 6.91. The summed E-state index contributed by atoms with van der Waals surface area (Å²) in [7, 11) is 0. The van der Waals surface area contributed by atoms with Gasteiger partial charge in [0.15, 0.2) is 0 Å². The Morgan fingerprint density at radius 2 is 1.86 bits per heavy atom. The number of carbonyl (C=O) groups is 1. The quantitative estimate of drug-likeness (QED) is 0.749. The van der Waals surface area contributed by atoms with Crippen LogP contribution in [-0.2, 0) is 0 Å². The maximum absolute atomic E-state index is 12.6. The van der Waals surface area contributed by atoms with Gasteiger partial charge in [-0.1, -0.05) is 36.4 Å². The second-order valence-electron chi connectivity index (χ2n) is 5.08. The lowest BCUT2D eigenvalue weighted by Gasteiger charge is -2.07. The summed E-state index contributed by atoms with van der Waals surface area (Å²) in [5.41, 5.74) is 2.10. The summed E-state index contributed by atoms with van der Waals surface area (Å²) in [4.78, 5) is 13.6. The summed E-state index contributed by atoms with van der Waals surface area (Å²) in [6, 6.07) is 15.6. The van der Waals surface area contributed by atoms with E-state index in [1.54, 1.807) is 6.07 Å². The predicted molar refractivity (Wildman–Crippen MR) is 90.4 cm³/mol. The molecule has 0 saturated carbocycles. The third kappa shape index (κ3) is 2.36. The minimum Gasteiger partial charge on any atom is -0.312 e. The van der Waals surface area contributed by atoms with Crippen LogP contribution in [0.25, 0.3) is 10.8 Å². The highest BCUT2D eigenvalue weighted by Crippen LogP contribution is 2.32. The number of fused-ring (bicyclic) bond motifs is 1. The van der Waals surface area contributed by atoms with Crippen molar-refractivity contribution < 1.29 is 4.79 Å². The van der Waals surface area contributed by atoms with E-state index in [9.17, 15) is 10.1 Å². The van der Waals surface area contributed by atoms with Gasteiger partial charge in [0.2, 0.25) is 0 Å². The van der Waals surface area contributed by atoms with Gasteiger partial charge in [-0.05, 0) is 36.2 Å². The minimum absolute atomic E-state index is 0.186. The molecule has 1 aromatic heterocycles. The largest absolute Gasteiger partial charge is 0.312 e. The Kier molecular flexibility index (Phi) is 3.66. The standard InChI is InChI=1S/C18H14N2OS/c1-11-12(2)22-18(16(11)10-19)20-17(21)15-9-5-7-13-6-3-4-8-14(13)15/h3-9H,1-2H3,(H,20,21). The van der Waals surface area contributed by atoms with Gasteiger partial charge < -0.3 is 5.32 Å². The Morgan fingerprint density at radius 1 is 1.14 bits per heavy atom. The number of nitrogens with zero attached hydrogens (tertiary/aromatic N) is 1. The molecule has 0 aliphatic carbocycles. The lowest BCUT2D eigenvalue weighted by Crippen LogP contribution is -2.12. The fourth-order valence-corrected chi connectivity index (χ4v) is 3.45. The summed E-state index contributed by atoms with van der Waals surface area (Å²) in [6.45, 7) is 3.85. The molecule has 0 radical (unpaired) electrons. The van der Waals surface area contributed by atoms with Crippen LogP contribution in [0.3, 0.4) is 0 Å². The minimum atomic E-state index is -0.186. The molecule has 0 saturated heterocycles. The predicted octanol–water partition coefficient (Wildman–Crippen LogP) is 4.64. The van der Waals surface area contributed by atoms with E-state index in [4.69, 9.17) is 0 Å². The summed E-state index contributed by atoms with van der Waals surface area (Å²) >= 11 is 1.44. The molecule has 1 amide bonds. The van der Waals surface area contributed by atoms with Crippen molar-refractivity contribution in [2.24, 2.45) is 0 Å². The number of anilines is 1. The maximum atomic E-state index is 12.6. The van der Waals surface area contributed by atoms with Gasteiger partial charge in [-0.2, -0.15) is 5.26 Å². The zero-order valence-corrected chi connectivity index (χ0v) is 13.1. The van der Waals surface area contributed by atoms with Crippen LogP contribution in [0.4, 0.5) is 5.00 Å². The first kappa shape index (κ1) is 14.3. The molecule has 2 aromatic carbocycles. The van der Waals surface area contributed by atoms with E-state index in [0.29, 0.717) is 16.1 Å². The fourth-order valence-electron chi connectivity index (χ4n) is 2.44. The zero-order chi connectivity index (χ0) is 15.7. The second-order valence-corrected chi connectivity index (χ2v) is 6.30. The van der Waals surface area contributed by atoms with E-state index in [2.05, 4.69) is 11.4 Å². The molecule has 0 unspecified atom stereocenters. The first-order valence-corrected chi connectivity index (χ1v) is 7.72. The molecule has 0 atom stereocenters. The van der Waals surface area contributed by atoms with Crippen LogP contribution in [0, 0.1) is 25.2 Å². The molecule has 3 nitrogen and oxygen atoms in total. The van der Waals surface area contributed by atoms with E-state index in [1.807, 2.05) is 50.2 Å². The van der Waals surface area contributed by atoms with Gasteiger partial charge in [0.05, 0.1) is 5.56 Å². The van der Waals surface area contributed by atoms with Gasteiger partial charge in [0, 0.05) is 10.4 Å². The van der Waals surface area contributed by atoms with Gasteiger partial charge in [0.25, 0.3) is 5.91 Å². The van der Waals surface area contributed by atoms with Gasteiger partial charge in [-0.3, -0.25) is 4.79 Å². The highest BCUT2D eigenvalue weighted by Gasteiger charge is 2.16. The molecule has 0 fully saturated rings. The number of rotatable bonds is 2. The number of thiophene rings is 1. The summed E-state index contributed by atoms with van der Waals surface area (Å²) in [5, 5.41) is 14.7. The Bertz CT molecular complexity index is 913. The first-order chi connectivity index (χ1) is 10.6. The molecule has 0 bridgehead atoms. The van der Waals surface area contributed by atoms with E-state index >= 15 is 0 Å². The smallest absolute Gasteiger partial charge is 0.256 e. The summed E-state index contributed by atoms with van der Waals surface area (Å²) in [6.07, 6.45) is 0. The summed E-state index contributed by atoms with van der Waals surface area (Å²) < 4.78 is 0. The van der Waals surface area contributed by atoms with Crippen LogP contribution in [0.1, 0.15) is 26.4 Å². The zero-order valence-electron chi connectivity index (χ0n) is 12.3. The van der Waals surface area contributed by atoms with Crippen LogP contribution < -0.4 is 5.32 Å². The van der Waals surface area contributed by atoms with Gasteiger partial charge in [-0.15, -0.1) is 11.3 Å². The molecule has 1 heterocycles. The molecule has 1 N–H and O–H groups in total. The number of aryl methyl sites for hydroxylation is 1. The molecule has 108 valence electrons. The lowest BCUT2D eigenvalue weighted by molar-refractivity contribution is 0.102. The molecule has 4 heteroatoms. The van der Waals surface area contributed by atoms with Gasteiger partial charge in [0.1, 0.15) is 11.1 Å². The molecular formula is C18H14N2OS. The second kappa shape index (κ2) is 5.63. The van der Waals surface area contributed by atoms with Gasteiger partial charge in [-0.25, -0.2) is 0 Å². The fraction of sp³-hybridized carbons (Fsp3) is 0.111. The van der Waals surface area contributed by atoms with Crippen LogP contribution in [0.5, 0.6) is 0 Å². The normalized spacial score (nSPS) is 10.4. The number of nitriles is 1. The van der Waals surface area contributed by atoms with Crippen molar-refractivity contribution in [2.75, 3.05) is 5.32 Å². The third-order valence-corrected chi connectivity index (χ3v) is 4.88. The number of amides is 1. The highest BCUT2D eigenvalue weighted by atomic mass is 32.1. The molecular weight excluding hydrogens is 292 g/mol. The highest BCUT2D eigenvalue weighted by molar-refractivity contribution is 7.16. The molecule has 3 rings (SSSR count). The number of hydrogen-bond donors (Lipinski definition) is 1. The van der Waals surface area contributed by atoms with Crippen molar-refractivity contribution >= 4 is 33.0 Å². The lowest BCUT2D eigenvalue weighted by atomic mass is 10.0. The summed E-state index contributed by atoms with van der Waals surface area (Å²) in [5.74, 6) is -0.186. The van der Waals surface area contributed by atoms with Gasteiger partial charge >= 0.3 is 0 Å². The topological polar surface area (TPSA) is 52.9 Å². The van der Waals surface area contributed by atoms with E-state index in [-0.39, 0.29) is 5.91 Å². The third-order valence-electron chi connectivity index (χ3n) is 3.76. The van der Waals surface area contributed by atoms with Crippen LogP contribution in [0.2, 0.25) is 0 Å². The Morgan fingerprint density at radius 3 is 2.64 bits per heavy atom. The average Bonchev–Trinajstić information content (AvgIpc) is 2.80. The molecule has 22 heavy (non-hydrogen) atoms. The van der Waals surface area contributed by atoms with E-state index < -0.39 is 0 Å². The maximum Gasteiger partial charge on any atom is 0.256 e. The Balaban J connectivity index is 2.02.